The number of rotatable bonds is 7. The molecule has 0 aliphatic rings. The van der Waals surface area contributed by atoms with Gasteiger partial charge in [0.2, 0.25) is 0 Å². The van der Waals surface area contributed by atoms with E-state index in [0.29, 0.717) is 0 Å². The topological polar surface area (TPSA) is 111 Å². The number of hydrogen-bond acceptors (Lipinski definition) is 6. The summed E-state index contributed by atoms with van der Waals surface area (Å²) in [5.74, 6) is -0.712. The zero-order chi connectivity index (χ0) is 13.3. The number of ether oxygens (including phenoxy) is 2. The molecule has 0 radical (unpaired) electrons. The molecule has 0 unspecified atom stereocenters. The molecule has 0 aliphatic heterocycles. The number of nitrogens with one attached hydrogen (secondary N) is 2. The van der Waals surface area contributed by atoms with Gasteiger partial charge in [0.15, 0.2) is 0 Å². The molecule has 0 bridgehead atoms. The molecule has 0 aliphatic carbocycles. The van der Waals surface area contributed by atoms with E-state index in [2.05, 4.69) is 9.47 Å². The Labute approximate surface area is 104 Å². The summed E-state index contributed by atoms with van der Waals surface area (Å²) >= 11 is 5.22. The van der Waals surface area contributed by atoms with E-state index >= 15 is 0 Å². The maximum Gasteiger partial charge on any atom is 0.421 e. The molecular weight excluding hydrogens is 276 g/mol. The van der Waals surface area contributed by atoms with E-state index in [1.165, 1.54) is 4.72 Å². The Hall–Kier alpha value is -1.06. The van der Waals surface area contributed by atoms with Crippen LogP contribution in [0.2, 0.25) is 0 Å². The summed E-state index contributed by atoms with van der Waals surface area (Å²) in [5.41, 5.74) is 0. The minimum absolute atomic E-state index is 0.0454. The van der Waals surface area contributed by atoms with Gasteiger partial charge in [-0.15, -0.1) is 11.6 Å². The Kier molecular flexibility index (Phi) is 7.59. The van der Waals surface area contributed by atoms with Gasteiger partial charge in [0.25, 0.3) is 0 Å². The largest absolute Gasteiger partial charge is 0.465 e. The van der Waals surface area contributed by atoms with Crippen molar-refractivity contribution in [2.75, 3.05) is 25.6 Å². The molecule has 0 aromatic carbocycles. The van der Waals surface area contributed by atoms with Gasteiger partial charge in [0.1, 0.15) is 13.2 Å². The van der Waals surface area contributed by atoms with Crippen LogP contribution in [0.5, 0.6) is 0 Å². The monoisotopic (exact) mass is 288 g/mol. The number of alkyl halides is 1. The lowest BCUT2D eigenvalue weighted by Crippen LogP contribution is -2.43. The van der Waals surface area contributed by atoms with Crippen LogP contribution in [0.4, 0.5) is 4.79 Å². The smallest absolute Gasteiger partial charge is 0.421 e. The van der Waals surface area contributed by atoms with E-state index in [-0.39, 0.29) is 19.1 Å². The molecule has 0 saturated carbocycles. The number of carbonyl (C=O) groups excluding carboxylic acids is 2. The third kappa shape index (κ3) is 8.72. The second-order valence-electron chi connectivity index (χ2n) is 2.56. The number of hydrogen-bond donors (Lipinski definition) is 2. The minimum atomic E-state index is -4.14. The molecule has 0 fully saturated rings. The highest BCUT2D eigenvalue weighted by molar-refractivity contribution is 7.88. The van der Waals surface area contributed by atoms with E-state index in [4.69, 9.17) is 11.6 Å². The zero-order valence-corrected chi connectivity index (χ0v) is 10.6. The summed E-state index contributed by atoms with van der Waals surface area (Å²) in [6, 6.07) is 0. The Bertz CT molecular complexity index is 357. The summed E-state index contributed by atoms with van der Waals surface area (Å²) in [4.78, 5) is 21.7. The summed E-state index contributed by atoms with van der Waals surface area (Å²) in [7, 11) is -4.14. The maximum atomic E-state index is 11.1. The SMILES string of the molecule is CCOC(=O)CNS(=O)(=O)NC(=O)OCCCl. The first kappa shape index (κ1) is 15.9. The first-order valence-corrected chi connectivity index (χ1v) is 6.58. The van der Waals surface area contributed by atoms with Crippen LogP contribution < -0.4 is 9.44 Å². The van der Waals surface area contributed by atoms with E-state index in [1.807, 2.05) is 0 Å². The van der Waals surface area contributed by atoms with Gasteiger partial charge in [0, 0.05) is 0 Å². The molecular formula is C7H13ClN2O6S. The fraction of sp³-hybridized carbons (Fsp3) is 0.714. The van der Waals surface area contributed by atoms with Gasteiger partial charge in [-0.2, -0.15) is 13.1 Å². The van der Waals surface area contributed by atoms with Crippen molar-refractivity contribution in [1.82, 2.24) is 9.44 Å². The number of esters is 1. The lowest BCUT2D eigenvalue weighted by molar-refractivity contribution is -0.141. The molecule has 10 heteroatoms. The Morgan fingerprint density at radius 2 is 1.94 bits per heavy atom. The average Bonchev–Trinajstić information content (AvgIpc) is 2.24. The molecule has 0 spiro atoms. The maximum absolute atomic E-state index is 11.1. The second-order valence-corrected chi connectivity index (χ2v) is 4.43. The van der Waals surface area contributed by atoms with Gasteiger partial charge in [-0.1, -0.05) is 0 Å². The van der Waals surface area contributed by atoms with E-state index < -0.39 is 28.8 Å². The molecule has 17 heavy (non-hydrogen) atoms. The van der Waals surface area contributed by atoms with Crippen molar-refractivity contribution in [3.05, 3.63) is 0 Å². The van der Waals surface area contributed by atoms with E-state index in [0.717, 1.165) is 0 Å². The van der Waals surface area contributed by atoms with Crippen molar-refractivity contribution < 1.29 is 27.5 Å². The summed E-state index contributed by atoms with van der Waals surface area (Å²) in [5, 5.41) is 0. The van der Waals surface area contributed by atoms with Gasteiger partial charge >= 0.3 is 22.3 Å². The molecule has 0 aromatic rings. The van der Waals surface area contributed by atoms with Gasteiger partial charge in [-0.05, 0) is 6.92 Å². The van der Waals surface area contributed by atoms with Crippen molar-refractivity contribution in [3.63, 3.8) is 0 Å². The first-order valence-electron chi connectivity index (χ1n) is 4.57. The van der Waals surface area contributed by atoms with Crippen LogP contribution in [-0.2, 0) is 24.5 Å². The predicted octanol–water partition coefficient (Wildman–Crippen LogP) is -0.651. The van der Waals surface area contributed by atoms with Crippen LogP contribution in [0.15, 0.2) is 0 Å². The zero-order valence-electron chi connectivity index (χ0n) is 9.06. The van der Waals surface area contributed by atoms with Crippen LogP contribution in [0, 0.1) is 0 Å². The van der Waals surface area contributed by atoms with Crippen LogP contribution in [0.1, 0.15) is 6.92 Å². The van der Waals surface area contributed by atoms with Crippen LogP contribution in [-0.4, -0.2) is 46.1 Å². The molecule has 1 amide bonds. The van der Waals surface area contributed by atoms with Crippen molar-refractivity contribution in [1.29, 1.82) is 0 Å². The standard InChI is InChI=1S/C7H13ClN2O6S/c1-2-15-6(11)5-9-17(13,14)10-7(12)16-4-3-8/h9H,2-5H2,1H3,(H,10,12). The van der Waals surface area contributed by atoms with Crippen molar-refractivity contribution >= 4 is 33.9 Å². The quantitative estimate of drug-likeness (QED) is 0.476. The summed E-state index contributed by atoms with van der Waals surface area (Å²) in [6.07, 6.45) is -1.18. The highest BCUT2D eigenvalue weighted by Crippen LogP contribution is 1.85. The first-order chi connectivity index (χ1) is 7.91. The van der Waals surface area contributed by atoms with E-state index in [1.54, 1.807) is 11.6 Å². The van der Waals surface area contributed by atoms with Crippen LogP contribution in [0.3, 0.4) is 0 Å². The van der Waals surface area contributed by atoms with Crippen molar-refractivity contribution in [2.24, 2.45) is 0 Å². The molecule has 0 atom stereocenters. The lowest BCUT2D eigenvalue weighted by atomic mass is 10.7. The van der Waals surface area contributed by atoms with Crippen molar-refractivity contribution in [3.8, 4) is 0 Å². The normalized spacial score (nSPS) is 10.7. The average molecular weight is 289 g/mol. The molecule has 0 saturated heterocycles. The van der Waals surface area contributed by atoms with E-state index in [9.17, 15) is 18.0 Å². The number of halogens is 1. The number of amides is 1. The van der Waals surface area contributed by atoms with Crippen LogP contribution in [0.25, 0.3) is 0 Å². The summed E-state index contributed by atoms with van der Waals surface area (Å²) < 4.78 is 34.5. The fourth-order valence-electron chi connectivity index (χ4n) is 0.672. The fourth-order valence-corrected chi connectivity index (χ4v) is 1.41. The molecule has 0 aromatic heterocycles. The Balaban J connectivity index is 4.03. The van der Waals surface area contributed by atoms with Gasteiger partial charge < -0.3 is 9.47 Å². The van der Waals surface area contributed by atoms with Crippen molar-refractivity contribution in [2.45, 2.75) is 6.92 Å². The van der Waals surface area contributed by atoms with Crippen LogP contribution >= 0.6 is 11.6 Å². The Morgan fingerprint density at radius 3 is 2.47 bits per heavy atom. The summed E-state index contributed by atoms with van der Waals surface area (Å²) in [6.45, 7) is 1.01. The highest BCUT2D eigenvalue weighted by Gasteiger charge is 2.16. The molecule has 0 heterocycles. The third-order valence-electron chi connectivity index (χ3n) is 1.24. The molecule has 8 nitrogen and oxygen atoms in total. The molecule has 2 N–H and O–H groups in total. The second kappa shape index (κ2) is 8.09. The molecule has 100 valence electrons. The van der Waals surface area contributed by atoms with Gasteiger partial charge in [0.05, 0.1) is 12.5 Å². The van der Waals surface area contributed by atoms with Gasteiger partial charge in [-0.25, -0.2) is 9.52 Å². The lowest BCUT2D eigenvalue weighted by Gasteiger charge is -2.07. The third-order valence-corrected chi connectivity index (χ3v) is 2.35. The Morgan fingerprint density at radius 1 is 1.29 bits per heavy atom. The molecule has 0 rings (SSSR count). The highest BCUT2D eigenvalue weighted by atomic mass is 35.5. The number of carbonyl (C=O) groups is 2. The minimum Gasteiger partial charge on any atom is -0.465 e. The van der Waals surface area contributed by atoms with Gasteiger partial charge in [-0.3, -0.25) is 4.79 Å². The predicted molar refractivity (Wildman–Crippen MR) is 58.8 cm³/mol.